The van der Waals surface area contributed by atoms with E-state index < -0.39 is 0 Å². The van der Waals surface area contributed by atoms with Crippen molar-refractivity contribution in [2.45, 2.75) is 45.1 Å². The van der Waals surface area contributed by atoms with Gasteiger partial charge in [0, 0.05) is 24.7 Å². The van der Waals surface area contributed by atoms with Gasteiger partial charge in [-0.25, -0.2) is 10.2 Å². The van der Waals surface area contributed by atoms with E-state index >= 15 is 0 Å². The normalized spacial score (nSPS) is 24.3. The van der Waals surface area contributed by atoms with Crippen LogP contribution < -0.4 is 22.2 Å². The molecule has 1 rings (SSSR count). The lowest BCUT2D eigenvalue weighted by Gasteiger charge is -2.26. The highest BCUT2D eigenvalue weighted by molar-refractivity contribution is 5.76. The van der Waals surface area contributed by atoms with Crippen molar-refractivity contribution < 1.29 is 9.59 Å². The van der Waals surface area contributed by atoms with Crippen molar-refractivity contribution in [1.82, 2.24) is 10.7 Å². The van der Waals surface area contributed by atoms with Crippen molar-refractivity contribution in [1.29, 1.82) is 0 Å². The molecule has 1 unspecified atom stereocenters. The topological polar surface area (TPSA) is 123 Å². The Balaban J connectivity index is 2.16. The van der Waals surface area contributed by atoms with Crippen molar-refractivity contribution in [2.24, 2.45) is 28.4 Å². The van der Waals surface area contributed by atoms with E-state index in [1.807, 2.05) is 6.92 Å². The van der Waals surface area contributed by atoms with Gasteiger partial charge in [0.2, 0.25) is 5.91 Å². The third kappa shape index (κ3) is 6.01. The second-order valence-electron chi connectivity index (χ2n) is 5.29. The van der Waals surface area contributed by atoms with Crippen LogP contribution in [0.2, 0.25) is 0 Å². The minimum absolute atomic E-state index is 0.000193. The highest BCUT2D eigenvalue weighted by atomic mass is 16.2. The number of hydrogen-bond acceptors (Lipinski definition) is 4. The van der Waals surface area contributed by atoms with Crippen LogP contribution >= 0.6 is 0 Å². The molecule has 0 bridgehead atoms. The molecule has 0 heterocycles. The summed E-state index contributed by atoms with van der Waals surface area (Å²) < 4.78 is 0. The lowest BCUT2D eigenvalue weighted by atomic mass is 9.82. The molecule has 1 saturated carbocycles. The quantitative estimate of drug-likeness (QED) is 0.414. The van der Waals surface area contributed by atoms with E-state index in [9.17, 15) is 9.59 Å². The molecular weight excluding hydrogens is 258 g/mol. The zero-order chi connectivity index (χ0) is 15.0. The van der Waals surface area contributed by atoms with Gasteiger partial charge in [-0.2, -0.15) is 5.10 Å². The van der Waals surface area contributed by atoms with Gasteiger partial charge in [0.1, 0.15) is 0 Å². The molecule has 1 aliphatic rings. The van der Waals surface area contributed by atoms with Gasteiger partial charge in [-0.1, -0.05) is 6.92 Å². The number of primary amides is 1. The summed E-state index contributed by atoms with van der Waals surface area (Å²) in [6.07, 6.45) is 5.74. The Labute approximate surface area is 119 Å². The molecule has 114 valence electrons. The minimum Gasteiger partial charge on any atom is -0.369 e. The number of carbonyl (C=O) groups is 2. The second kappa shape index (κ2) is 8.52. The SMILES string of the molecule is CCC(N)/C=N/NC(=O)NCC1CCC(C(N)=O)CC1. The van der Waals surface area contributed by atoms with Crippen molar-refractivity contribution in [2.75, 3.05) is 6.54 Å². The monoisotopic (exact) mass is 283 g/mol. The number of nitrogens with two attached hydrogens (primary N) is 2. The first-order chi connectivity index (χ1) is 9.52. The number of urea groups is 1. The standard InChI is InChI=1S/C13H25N5O2/c1-2-11(14)8-17-18-13(20)16-7-9-3-5-10(6-4-9)12(15)19/h8-11H,2-7,14H2,1H3,(H2,15,19)(H2,16,18,20)/b17-8+. The fourth-order valence-electron chi connectivity index (χ4n) is 2.22. The molecule has 1 aliphatic carbocycles. The number of nitrogens with zero attached hydrogens (tertiary/aromatic N) is 1. The largest absolute Gasteiger partial charge is 0.369 e. The van der Waals surface area contributed by atoms with Gasteiger partial charge >= 0.3 is 6.03 Å². The van der Waals surface area contributed by atoms with Crippen LogP contribution in [-0.4, -0.2) is 30.7 Å². The zero-order valence-corrected chi connectivity index (χ0v) is 12.0. The summed E-state index contributed by atoms with van der Waals surface area (Å²) in [5.74, 6) is 0.189. The van der Waals surface area contributed by atoms with Gasteiger partial charge in [-0.05, 0) is 38.0 Å². The van der Waals surface area contributed by atoms with E-state index in [2.05, 4.69) is 15.8 Å². The molecule has 1 fully saturated rings. The van der Waals surface area contributed by atoms with Crippen LogP contribution in [0.3, 0.4) is 0 Å². The predicted molar refractivity (Wildman–Crippen MR) is 77.9 cm³/mol. The fraction of sp³-hybridized carbons (Fsp3) is 0.769. The van der Waals surface area contributed by atoms with Gasteiger partial charge in [-0.3, -0.25) is 4.79 Å². The number of amides is 3. The van der Waals surface area contributed by atoms with Crippen LogP contribution in [0.4, 0.5) is 4.79 Å². The van der Waals surface area contributed by atoms with E-state index in [-0.39, 0.29) is 23.9 Å². The average molecular weight is 283 g/mol. The first-order valence-electron chi connectivity index (χ1n) is 7.14. The van der Waals surface area contributed by atoms with Crippen molar-refractivity contribution in [3.05, 3.63) is 0 Å². The molecule has 0 aromatic rings. The predicted octanol–water partition coefficient (Wildman–Crippen LogP) is 0.300. The van der Waals surface area contributed by atoms with E-state index in [1.165, 1.54) is 6.21 Å². The first-order valence-corrected chi connectivity index (χ1v) is 7.14. The summed E-state index contributed by atoms with van der Waals surface area (Å²) in [7, 11) is 0. The molecule has 0 radical (unpaired) electrons. The molecule has 0 aromatic heterocycles. The number of hydrogen-bond donors (Lipinski definition) is 4. The fourth-order valence-corrected chi connectivity index (χ4v) is 2.22. The Morgan fingerprint density at radius 1 is 1.35 bits per heavy atom. The van der Waals surface area contributed by atoms with E-state index in [1.54, 1.807) is 0 Å². The molecule has 7 heteroatoms. The van der Waals surface area contributed by atoms with Crippen LogP contribution in [-0.2, 0) is 4.79 Å². The second-order valence-corrected chi connectivity index (χ2v) is 5.29. The van der Waals surface area contributed by atoms with Crippen LogP contribution in [0.1, 0.15) is 39.0 Å². The molecule has 0 aliphatic heterocycles. The summed E-state index contributed by atoms with van der Waals surface area (Å²) in [4.78, 5) is 22.5. The number of carbonyl (C=O) groups excluding carboxylic acids is 2. The Hall–Kier alpha value is -1.63. The summed E-state index contributed by atoms with van der Waals surface area (Å²) in [5, 5.41) is 6.54. The zero-order valence-electron chi connectivity index (χ0n) is 12.0. The Morgan fingerprint density at radius 2 is 2.00 bits per heavy atom. The Morgan fingerprint density at radius 3 is 2.55 bits per heavy atom. The minimum atomic E-state index is -0.332. The highest BCUT2D eigenvalue weighted by Crippen LogP contribution is 2.27. The van der Waals surface area contributed by atoms with Crippen molar-refractivity contribution in [3.63, 3.8) is 0 Å². The smallest absolute Gasteiger partial charge is 0.335 e. The summed E-state index contributed by atoms with van der Waals surface area (Å²) in [5.41, 5.74) is 13.3. The van der Waals surface area contributed by atoms with E-state index in [4.69, 9.17) is 11.5 Å². The number of hydrazone groups is 1. The summed E-state index contributed by atoms with van der Waals surface area (Å²) in [6, 6.07) is -0.471. The maximum absolute atomic E-state index is 11.5. The van der Waals surface area contributed by atoms with Crippen LogP contribution in [0, 0.1) is 11.8 Å². The maximum Gasteiger partial charge on any atom is 0.335 e. The molecule has 6 N–H and O–H groups in total. The van der Waals surface area contributed by atoms with Gasteiger partial charge in [0.15, 0.2) is 0 Å². The molecule has 1 atom stereocenters. The van der Waals surface area contributed by atoms with Gasteiger partial charge in [-0.15, -0.1) is 0 Å². The van der Waals surface area contributed by atoms with Crippen molar-refractivity contribution >= 4 is 18.2 Å². The molecule has 7 nitrogen and oxygen atoms in total. The van der Waals surface area contributed by atoms with Gasteiger partial charge in [0.25, 0.3) is 0 Å². The molecule has 3 amide bonds. The summed E-state index contributed by atoms with van der Waals surface area (Å²) in [6.45, 7) is 2.53. The number of rotatable bonds is 6. The summed E-state index contributed by atoms with van der Waals surface area (Å²) >= 11 is 0. The maximum atomic E-state index is 11.5. The third-order valence-electron chi connectivity index (χ3n) is 3.70. The first kappa shape index (κ1) is 16.4. The van der Waals surface area contributed by atoms with Crippen LogP contribution in [0.25, 0.3) is 0 Å². The third-order valence-corrected chi connectivity index (χ3v) is 3.70. The Bertz CT molecular complexity index is 351. The lowest BCUT2D eigenvalue weighted by molar-refractivity contribution is -0.122. The Kier molecular flexibility index (Phi) is 7.00. The lowest BCUT2D eigenvalue weighted by Crippen LogP contribution is -2.38. The molecular formula is C13H25N5O2. The van der Waals surface area contributed by atoms with Gasteiger partial charge in [0.05, 0.1) is 0 Å². The van der Waals surface area contributed by atoms with Crippen LogP contribution in [0.5, 0.6) is 0 Å². The number of nitrogens with one attached hydrogen (secondary N) is 2. The molecule has 0 spiro atoms. The molecule has 0 saturated heterocycles. The molecule has 20 heavy (non-hydrogen) atoms. The van der Waals surface area contributed by atoms with E-state index in [0.717, 1.165) is 32.1 Å². The van der Waals surface area contributed by atoms with E-state index in [0.29, 0.717) is 12.5 Å². The highest BCUT2D eigenvalue weighted by Gasteiger charge is 2.24. The van der Waals surface area contributed by atoms with Crippen LogP contribution in [0.15, 0.2) is 5.10 Å². The molecule has 0 aromatic carbocycles. The van der Waals surface area contributed by atoms with Gasteiger partial charge < -0.3 is 16.8 Å². The van der Waals surface area contributed by atoms with Crippen molar-refractivity contribution in [3.8, 4) is 0 Å². The average Bonchev–Trinajstić information content (AvgIpc) is 2.45.